The number of halogens is 3. The summed E-state index contributed by atoms with van der Waals surface area (Å²) in [5.41, 5.74) is 0. The standard InChI is InChI=1S/C13H24F3NO/c1-2-12(18)10-17(9-8-13(14,15)16)11-6-4-3-5-7-11/h11-12,18H,2-10H2,1H3/t12-/m1/s1. The van der Waals surface area contributed by atoms with Crippen molar-refractivity contribution < 1.29 is 18.3 Å². The van der Waals surface area contributed by atoms with E-state index in [-0.39, 0.29) is 12.6 Å². The van der Waals surface area contributed by atoms with E-state index in [0.29, 0.717) is 13.0 Å². The summed E-state index contributed by atoms with van der Waals surface area (Å²) in [7, 11) is 0. The van der Waals surface area contributed by atoms with Gasteiger partial charge in [0, 0.05) is 19.1 Å². The molecule has 1 fully saturated rings. The molecule has 1 N–H and O–H groups in total. The second kappa shape index (κ2) is 7.34. The zero-order valence-electron chi connectivity index (χ0n) is 11.0. The SMILES string of the molecule is CC[C@@H](O)CN(CCC(F)(F)F)C1CCCCC1. The topological polar surface area (TPSA) is 23.5 Å². The van der Waals surface area contributed by atoms with E-state index in [1.807, 2.05) is 11.8 Å². The summed E-state index contributed by atoms with van der Waals surface area (Å²) in [6, 6.07) is 0.224. The molecule has 1 saturated carbocycles. The summed E-state index contributed by atoms with van der Waals surface area (Å²) in [6.07, 6.45) is 0.493. The van der Waals surface area contributed by atoms with Gasteiger partial charge in [-0.2, -0.15) is 13.2 Å². The maximum atomic E-state index is 12.3. The molecule has 0 heterocycles. The first-order valence-electron chi connectivity index (χ1n) is 6.91. The first kappa shape index (κ1) is 15.8. The predicted molar refractivity (Wildman–Crippen MR) is 65.4 cm³/mol. The van der Waals surface area contributed by atoms with Crippen molar-refractivity contribution in [3.63, 3.8) is 0 Å². The summed E-state index contributed by atoms with van der Waals surface area (Å²) in [6.45, 7) is 2.25. The molecule has 0 unspecified atom stereocenters. The molecule has 1 atom stereocenters. The zero-order valence-corrected chi connectivity index (χ0v) is 11.0. The fraction of sp³-hybridized carbons (Fsp3) is 1.00. The third-order valence-electron chi connectivity index (χ3n) is 3.69. The van der Waals surface area contributed by atoms with Crippen LogP contribution < -0.4 is 0 Å². The van der Waals surface area contributed by atoms with Crippen molar-refractivity contribution in [3.8, 4) is 0 Å². The van der Waals surface area contributed by atoms with Gasteiger partial charge in [0.2, 0.25) is 0 Å². The number of nitrogens with zero attached hydrogens (tertiary/aromatic N) is 1. The minimum absolute atomic E-state index is 0.0191. The van der Waals surface area contributed by atoms with Gasteiger partial charge in [-0.25, -0.2) is 0 Å². The lowest BCUT2D eigenvalue weighted by Gasteiger charge is -2.35. The van der Waals surface area contributed by atoms with E-state index in [4.69, 9.17) is 0 Å². The van der Waals surface area contributed by atoms with Gasteiger partial charge in [-0.15, -0.1) is 0 Å². The molecular weight excluding hydrogens is 243 g/mol. The second-order valence-electron chi connectivity index (χ2n) is 5.21. The Morgan fingerprint density at radius 3 is 2.33 bits per heavy atom. The Bertz CT molecular complexity index is 227. The van der Waals surface area contributed by atoms with Crippen LogP contribution in [0.1, 0.15) is 51.9 Å². The van der Waals surface area contributed by atoms with E-state index >= 15 is 0 Å². The van der Waals surface area contributed by atoms with Gasteiger partial charge >= 0.3 is 6.18 Å². The molecule has 0 radical (unpaired) electrons. The summed E-state index contributed by atoms with van der Waals surface area (Å²) in [5, 5.41) is 9.67. The highest BCUT2D eigenvalue weighted by molar-refractivity contribution is 4.78. The van der Waals surface area contributed by atoms with E-state index < -0.39 is 18.7 Å². The van der Waals surface area contributed by atoms with Gasteiger partial charge < -0.3 is 5.11 Å². The Kier molecular flexibility index (Phi) is 6.43. The van der Waals surface area contributed by atoms with Crippen molar-refractivity contribution in [3.05, 3.63) is 0 Å². The van der Waals surface area contributed by atoms with Gasteiger partial charge in [-0.1, -0.05) is 26.2 Å². The summed E-state index contributed by atoms with van der Waals surface area (Å²) in [5.74, 6) is 0. The summed E-state index contributed by atoms with van der Waals surface area (Å²) < 4.78 is 36.9. The summed E-state index contributed by atoms with van der Waals surface area (Å²) >= 11 is 0. The molecular formula is C13H24F3NO. The van der Waals surface area contributed by atoms with Crippen LogP contribution in [0.3, 0.4) is 0 Å². The van der Waals surface area contributed by atoms with Crippen LogP contribution in [0.4, 0.5) is 13.2 Å². The molecule has 0 aromatic heterocycles. The fourth-order valence-corrected chi connectivity index (χ4v) is 2.54. The smallest absolute Gasteiger partial charge is 0.390 e. The van der Waals surface area contributed by atoms with Gasteiger partial charge in [0.25, 0.3) is 0 Å². The Morgan fingerprint density at radius 2 is 1.83 bits per heavy atom. The molecule has 0 aromatic rings. The van der Waals surface area contributed by atoms with Crippen LogP contribution in [0.15, 0.2) is 0 Å². The Balaban J connectivity index is 2.50. The predicted octanol–water partition coefficient (Wildman–Crippen LogP) is 3.34. The molecule has 108 valence electrons. The molecule has 0 amide bonds. The molecule has 0 aromatic carbocycles. The maximum Gasteiger partial charge on any atom is 0.390 e. The molecule has 0 aliphatic heterocycles. The Labute approximate surface area is 107 Å². The largest absolute Gasteiger partial charge is 0.392 e. The summed E-state index contributed by atoms with van der Waals surface area (Å²) in [4.78, 5) is 1.85. The highest BCUT2D eigenvalue weighted by Gasteiger charge is 2.30. The number of hydrogen-bond acceptors (Lipinski definition) is 2. The van der Waals surface area contributed by atoms with Crippen LogP contribution in [0, 0.1) is 0 Å². The molecule has 2 nitrogen and oxygen atoms in total. The lowest BCUT2D eigenvalue weighted by Crippen LogP contribution is -2.43. The van der Waals surface area contributed by atoms with E-state index in [9.17, 15) is 18.3 Å². The molecule has 1 rings (SSSR count). The van der Waals surface area contributed by atoms with Crippen molar-refractivity contribution in [1.82, 2.24) is 4.90 Å². The Hall–Kier alpha value is -0.290. The minimum atomic E-state index is -4.11. The monoisotopic (exact) mass is 267 g/mol. The molecule has 18 heavy (non-hydrogen) atoms. The third-order valence-corrected chi connectivity index (χ3v) is 3.69. The van der Waals surface area contributed by atoms with Gasteiger partial charge in [0.15, 0.2) is 0 Å². The van der Waals surface area contributed by atoms with Gasteiger partial charge in [0.1, 0.15) is 0 Å². The first-order valence-corrected chi connectivity index (χ1v) is 6.91. The minimum Gasteiger partial charge on any atom is -0.392 e. The second-order valence-corrected chi connectivity index (χ2v) is 5.21. The van der Waals surface area contributed by atoms with Crippen molar-refractivity contribution in [2.24, 2.45) is 0 Å². The van der Waals surface area contributed by atoms with Gasteiger partial charge in [0.05, 0.1) is 12.5 Å². The van der Waals surface area contributed by atoms with Crippen LogP contribution >= 0.6 is 0 Å². The molecule has 5 heteroatoms. The van der Waals surface area contributed by atoms with E-state index in [1.165, 1.54) is 6.42 Å². The van der Waals surface area contributed by atoms with E-state index in [2.05, 4.69) is 0 Å². The van der Waals surface area contributed by atoms with Crippen LogP contribution in [-0.4, -0.2) is 41.4 Å². The number of alkyl halides is 3. The molecule has 0 bridgehead atoms. The van der Waals surface area contributed by atoms with Gasteiger partial charge in [-0.05, 0) is 19.3 Å². The lowest BCUT2D eigenvalue weighted by atomic mass is 9.93. The molecule has 0 saturated heterocycles. The quantitative estimate of drug-likeness (QED) is 0.797. The average Bonchev–Trinajstić information content (AvgIpc) is 2.34. The van der Waals surface area contributed by atoms with Crippen molar-refractivity contribution in [2.75, 3.05) is 13.1 Å². The number of aliphatic hydroxyl groups excluding tert-OH is 1. The normalized spacial score (nSPS) is 20.3. The van der Waals surface area contributed by atoms with Crippen LogP contribution in [0.5, 0.6) is 0 Å². The van der Waals surface area contributed by atoms with Crippen molar-refractivity contribution >= 4 is 0 Å². The maximum absolute atomic E-state index is 12.3. The number of aliphatic hydroxyl groups is 1. The lowest BCUT2D eigenvalue weighted by molar-refractivity contribution is -0.140. The number of rotatable bonds is 6. The number of hydrogen-bond donors (Lipinski definition) is 1. The van der Waals surface area contributed by atoms with Crippen LogP contribution in [0.25, 0.3) is 0 Å². The fourth-order valence-electron chi connectivity index (χ4n) is 2.54. The molecule has 1 aliphatic carbocycles. The van der Waals surface area contributed by atoms with E-state index in [0.717, 1.165) is 25.7 Å². The van der Waals surface area contributed by atoms with Crippen LogP contribution in [0.2, 0.25) is 0 Å². The van der Waals surface area contributed by atoms with E-state index in [1.54, 1.807) is 0 Å². The van der Waals surface area contributed by atoms with Crippen LogP contribution in [-0.2, 0) is 0 Å². The first-order chi connectivity index (χ1) is 8.42. The highest BCUT2D eigenvalue weighted by atomic mass is 19.4. The zero-order chi connectivity index (χ0) is 13.6. The third kappa shape index (κ3) is 6.05. The highest BCUT2D eigenvalue weighted by Crippen LogP contribution is 2.26. The molecule has 1 aliphatic rings. The molecule has 0 spiro atoms. The van der Waals surface area contributed by atoms with Crippen molar-refractivity contribution in [2.45, 2.75) is 70.2 Å². The Morgan fingerprint density at radius 1 is 1.22 bits per heavy atom. The average molecular weight is 267 g/mol. The van der Waals surface area contributed by atoms with Crippen molar-refractivity contribution in [1.29, 1.82) is 0 Å². The van der Waals surface area contributed by atoms with Gasteiger partial charge in [-0.3, -0.25) is 4.90 Å².